The third kappa shape index (κ3) is 8.88. The van der Waals surface area contributed by atoms with Gasteiger partial charge in [-0.1, -0.05) is 18.2 Å². The fraction of sp³-hybridized carbons (Fsp3) is 0.469. The number of fused-ring (bicyclic) bond motifs is 2. The zero-order valence-corrected chi connectivity index (χ0v) is 36.0. The van der Waals surface area contributed by atoms with Crippen LogP contribution in [0, 0.1) is 11.8 Å². The molecule has 10 rings (SSSR count). The summed E-state index contributed by atoms with van der Waals surface area (Å²) in [5.41, 5.74) is 11.9. The first-order valence-electron chi connectivity index (χ1n) is 23.1. The number of piperidine rings is 4. The van der Waals surface area contributed by atoms with Crippen molar-refractivity contribution in [3.8, 4) is 22.8 Å². The van der Waals surface area contributed by atoms with Gasteiger partial charge in [0.2, 0.25) is 11.8 Å². The molecule has 3 N–H and O–H groups in total. The number of aromatic nitrogens is 4. The number of para-hydroxylation sites is 1. The van der Waals surface area contributed by atoms with E-state index in [1.807, 2.05) is 60.7 Å². The number of carbonyl (C=O) groups excluding carboxylic acids is 3. The summed E-state index contributed by atoms with van der Waals surface area (Å²) in [6.07, 6.45) is 11.8. The molecule has 4 saturated heterocycles. The Bertz CT molecular complexity index is 2440. The van der Waals surface area contributed by atoms with E-state index in [1.165, 1.54) is 58.2 Å². The Balaban J connectivity index is 0.669. The number of rotatable bonds is 12. The van der Waals surface area contributed by atoms with Crippen LogP contribution in [-0.4, -0.2) is 111 Å². The van der Waals surface area contributed by atoms with Gasteiger partial charge in [0, 0.05) is 56.0 Å². The number of nitrogen functional groups attached to an aromatic ring is 1. The standard InChI is InChI=1S/C49H58N10O4/c50-46-44-45(35-10-13-40(14-11-35)63-39-8-2-1-3-9-39)54-59(47(44)52-32-51-46)38-7-5-23-56(31-38)29-34-18-24-55(25-19-34)22-4-6-33-20-26-57(27-21-33)37-12-15-41-36(28-37)30-58(49(41)62)42-16-17-43(60)53-48(42)61/h1-3,8-15,28,32-34,38,42H,4-7,16-27,29-31H2,(H2,50,51,52)(H,53,60,61)/t38-,42?/m1/s1. The van der Waals surface area contributed by atoms with E-state index in [2.05, 4.69) is 41.8 Å². The lowest BCUT2D eigenvalue weighted by molar-refractivity contribution is -0.136. The fourth-order valence-corrected chi connectivity index (χ4v) is 10.8. The zero-order chi connectivity index (χ0) is 42.9. The summed E-state index contributed by atoms with van der Waals surface area (Å²) in [4.78, 5) is 55.8. The molecular weight excluding hydrogens is 793 g/mol. The first-order valence-corrected chi connectivity index (χ1v) is 23.1. The summed E-state index contributed by atoms with van der Waals surface area (Å²) in [7, 11) is 0. The minimum atomic E-state index is -0.581. The van der Waals surface area contributed by atoms with Gasteiger partial charge in [-0.3, -0.25) is 19.7 Å². The van der Waals surface area contributed by atoms with Crippen LogP contribution < -0.4 is 20.7 Å². The normalized spacial score (nSPS) is 21.9. The van der Waals surface area contributed by atoms with Gasteiger partial charge in [-0.25, -0.2) is 14.6 Å². The molecule has 1 unspecified atom stereocenters. The van der Waals surface area contributed by atoms with Gasteiger partial charge in [0.05, 0.1) is 11.4 Å². The Labute approximate surface area is 368 Å². The Hall–Kier alpha value is -5.86. The van der Waals surface area contributed by atoms with Gasteiger partial charge in [-0.2, -0.15) is 5.10 Å². The first-order chi connectivity index (χ1) is 30.8. The van der Waals surface area contributed by atoms with Crippen molar-refractivity contribution in [1.29, 1.82) is 0 Å². The van der Waals surface area contributed by atoms with Crippen LogP contribution in [-0.2, 0) is 16.1 Å². The summed E-state index contributed by atoms with van der Waals surface area (Å²) in [6, 6.07) is 23.6. The summed E-state index contributed by atoms with van der Waals surface area (Å²) in [6.45, 7) is 9.22. The number of hydrogen-bond donors (Lipinski definition) is 2. The van der Waals surface area contributed by atoms with Crippen molar-refractivity contribution < 1.29 is 19.1 Å². The zero-order valence-electron chi connectivity index (χ0n) is 36.0. The van der Waals surface area contributed by atoms with E-state index in [-0.39, 0.29) is 30.2 Å². The van der Waals surface area contributed by atoms with Crippen LogP contribution in [0.5, 0.6) is 11.5 Å². The fourth-order valence-electron chi connectivity index (χ4n) is 10.8. The third-order valence-corrected chi connectivity index (χ3v) is 14.2. The topological polar surface area (TPSA) is 155 Å². The molecule has 3 amide bonds. The van der Waals surface area contributed by atoms with Gasteiger partial charge in [0.25, 0.3) is 5.91 Å². The smallest absolute Gasteiger partial charge is 0.255 e. The number of likely N-dealkylation sites (tertiary alicyclic amines) is 2. The van der Waals surface area contributed by atoms with E-state index in [0.717, 1.165) is 96.5 Å². The molecule has 7 heterocycles. The number of amides is 3. The highest BCUT2D eigenvalue weighted by molar-refractivity contribution is 6.05. The molecule has 3 aromatic carbocycles. The van der Waals surface area contributed by atoms with E-state index in [0.29, 0.717) is 30.3 Å². The van der Waals surface area contributed by atoms with Gasteiger partial charge in [0.1, 0.15) is 35.4 Å². The Morgan fingerprint density at radius 2 is 1.57 bits per heavy atom. The van der Waals surface area contributed by atoms with Crippen LogP contribution >= 0.6 is 0 Å². The number of benzene rings is 3. The van der Waals surface area contributed by atoms with E-state index >= 15 is 0 Å². The number of nitrogens with one attached hydrogen (secondary N) is 1. The molecule has 14 nitrogen and oxygen atoms in total. The molecule has 328 valence electrons. The van der Waals surface area contributed by atoms with E-state index < -0.39 is 6.04 Å². The number of nitrogens with zero attached hydrogens (tertiary/aromatic N) is 8. The van der Waals surface area contributed by atoms with Crippen LogP contribution in [0.3, 0.4) is 0 Å². The molecule has 2 atom stereocenters. The maximum atomic E-state index is 13.2. The molecule has 0 spiro atoms. The molecule has 14 heteroatoms. The van der Waals surface area contributed by atoms with Gasteiger partial charge < -0.3 is 30.1 Å². The molecule has 0 bridgehead atoms. The second kappa shape index (κ2) is 18.1. The van der Waals surface area contributed by atoms with Crippen molar-refractivity contribution in [2.45, 2.75) is 82.8 Å². The molecule has 0 radical (unpaired) electrons. The lowest BCUT2D eigenvalue weighted by atomic mass is 9.91. The van der Waals surface area contributed by atoms with Gasteiger partial charge in [-0.05, 0) is 156 Å². The second-order valence-electron chi connectivity index (χ2n) is 18.3. The van der Waals surface area contributed by atoms with Crippen LogP contribution in [0.2, 0.25) is 0 Å². The minimum Gasteiger partial charge on any atom is -0.457 e. The summed E-state index contributed by atoms with van der Waals surface area (Å²) < 4.78 is 8.16. The molecular formula is C49H58N10O4. The molecule has 0 saturated carbocycles. The van der Waals surface area contributed by atoms with Crippen LogP contribution in [0.4, 0.5) is 11.5 Å². The second-order valence-corrected chi connectivity index (χ2v) is 18.3. The quantitative estimate of drug-likeness (QED) is 0.129. The van der Waals surface area contributed by atoms with Crippen molar-refractivity contribution in [3.63, 3.8) is 0 Å². The lowest BCUT2D eigenvalue weighted by Crippen LogP contribution is -2.52. The maximum Gasteiger partial charge on any atom is 0.255 e. The number of ether oxygens (including phenoxy) is 1. The SMILES string of the molecule is Nc1ncnc2c1c(-c1ccc(Oc3ccccc3)cc1)nn2[C@@H]1CCCN(CC2CCN(CCCC3CCN(c4ccc5c(c4)CN(C4CCC(=O)NC4=O)C5=O)CC3)CC2)C1. The van der Waals surface area contributed by atoms with E-state index in [1.54, 1.807) is 11.2 Å². The average molecular weight is 851 g/mol. The number of imide groups is 1. The minimum absolute atomic E-state index is 0.115. The molecule has 4 fully saturated rings. The number of anilines is 2. The van der Waals surface area contributed by atoms with Crippen molar-refractivity contribution in [2.75, 3.05) is 63.0 Å². The molecule has 2 aromatic heterocycles. The molecule has 63 heavy (non-hydrogen) atoms. The Morgan fingerprint density at radius 3 is 2.37 bits per heavy atom. The van der Waals surface area contributed by atoms with Gasteiger partial charge in [-0.15, -0.1) is 0 Å². The number of hydrogen-bond acceptors (Lipinski definition) is 11. The van der Waals surface area contributed by atoms with Crippen molar-refractivity contribution in [3.05, 3.63) is 90.3 Å². The molecule has 5 aromatic rings. The first kappa shape index (κ1) is 41.2. The lowest BCUT2D eigenvalue weighted by Gasteiger charge is -2.38. The summed E-state index contributed by atoms with van der Waals surface area (Å²) in [5.74, 6) is 2.72. The van der Waals surface area contributed by atoms with E-state index in [4.69, 9.17) is 20.6 Å². The van der Waals surface area contributed by atoms with Gasteiger partial charge >= 0.3 is 0 Å². The highest BCUT2D eigenvalue weighted by Crippen LogP contribution is 2.36. The monoisotopic (exact) mass is 850 g/mol. The van der Waals surface area contributed by atoms with Crippen LogP contribution in [0.1, 0.15) is 86.2 Å². The van der Waals surface area contributed by atoms with Crippen molar-refractivity contribution in [2.24, 2.45) is 11.8 Å². The average Bonchev–Trinajstić information content (AvgIpc) is 3.86. The van der Waals surface area contributed by atoms with E-state index in [9.17, 15) is 14.4 Å². The molecule has 5 aliphatic heterocycles. The van der Waals surface area contributed by atoms with Gasteiger partial charge in [0.15, 0.2) is 5.65 Å². The largest absolute Gasteiger partial charge is 0.457 e. The highest BCUT2D eigenvalue weighted by atomic mass is 16.5. The third-order valence-electron chi connectivity index (χ3n) is 14.2. The Morgan fingerprint density at radius 1 is 0.794 bits per heavy atom. The van der Waals surface area contributed by atoms with Crippen molar-refractivity contribution >= 4 is 40.3 Å². The van der Waals surface area contributed by atoms with Crippen LogP contribution in [0.25, 0.3) is 22.3 Å². The number of nitrogens with two attached hydrogens (primary N) is 1. The predicted molar refractivity (Wildman–Crippen MR) is 242 cm³/mol. The maximum absolute atomic E-state index is 13.2. The summed E-state index contributed by atoms with van der Waals surface area (Å²) in [5, 5.41) is 8.39. The highest BCUT2D eigenvalue weighted by Gasteiger charge is 2.39. The molecule has 0 aliphatic carbocycles. The Kier molecular flexibility index (Phi) is 11.8. The predicted octanol–water partition coefficient (Wildman–Crippen LogP) is 6.67. The number of carbonyl (C=O) groups is 3. The van der Waals surface area contributed by atoms with Crippen LogP contribution in [0.15, 0.2) is 79.1 Å². The van der Waals surface area contributed by atoms with Crippen molar-refractivity contribution in [1.82, 2.24) is 39.8 Å². The summed E-state index contributed by atoms with van der Waals surface area (Å²) >= 11 is 0. The molecule has 5 aliphatic rings.